The molecule has 0 heterocycles. The highest BCUT2D eigenvalue weighted by Crippen LogP contribution is 2.36. The van der Waals surface area contributed by atoms with Crippen LogP contribution in [0.4, 0.5) is 0 Å². The molecule has 1 aromatic carbocycles. The third kappa shape index (κ3) is 4.59. The van der Waals surface area contributed by atoms with Crippen molar-refractivity contribution in [2.45, 2.75) is 70.6 Å². The molecular weight excluding hydrogens is 272 g/mol. The molecule has 3 rings (SSSR count). The van der Waals surface area contributed by atoms with E-state index in [-0.39, 0.29) is 0 Å². The van der Waals surface area contributed by atoms with Crippen molar-refractivity contribution in [2.75, 3.05) is 0 Å². The molecule has 2 saturated carbocycles. The molecule has 0 radical (unpaired) electrons. The van der Waals surface area contributed by atoms with Crippen molar-refractivity contribution in [3.05, 3.63) is 28.8 Å². The van der Waals surface area contributed by atoms with Gasteiger partial charge in [0.25, 0.3) is 0 Å². The summed E-state index contributed by atoms with van der Waals surface area (Å²) in [5.74, 6) is 2.29. The van der Waals surface area contributed by atoms with Crippen LogP contribution in [0.5, 0.6) is 5.75 Å². The van der Waals surface area contributed by atoms with Gasteiger partial charge in [-0.2, -0.15) is 0 Å². The maximum absolute atomic E-state index is 10.9. The fourth-order valence-electron chi connectivity index (χ4n) is 3.40. The molecule has 2 nitrogen and oxygen atoms in total. The Labute approximate surface area is 133 Å². The van der Waals surface area contributed by atoms with Gasteiger partial charge in [-0.3, -0.25) is 0 Å². The summed E-state index contributed by atoms with van der Waals surface area (Å²) in [5.41, 5.74) is 3.18. The van der Waals surface area contributed by atoms with Gasteiger partial charge in [-0.1, -0.05) is 50.7 Å². The summed E-state index contributed by atoms with van der Waals surface area (Å²) < 4.78 is 0. The molecule has 0 spiro atoms. The van der Waals surface area contributed by atoms with E-state index in [1.54, 1.807) is 0 Å². The quantitative estimate of drug-likeness (QED) is 0.641. The van der Waals surface area contributed by atoms with Crippen molar-refractivity contribution < 1.29 is 9.90 Å². The molecule has 1 N–H and O–H groups in total. The van der Waals surface area contributed by atoms with Crippen molar-refractivity contribution in [3.63, 3.8) is 0 Å². The van der Waals surface area contributed by atoms with E-state index in [2.05, 4.69) is 6.07 Å². The minimum absolute atomic E-state index is 0.331. The summed E-state index contributed by atoms with van der Waals surface area (Å²) in [6, 6.07) is 4.23. The van der Waals surface area contributed by atoms with E-state index >= 15 is 0 Å². The minimum Gasteiger partial charge on any atom is -0.507 e. The van der Waals surface area contributed by atoms with Gasteiger partial charge in [0.2, 0.25) is 0 Å². The van der Waals surface area contributed by atoms with Crippen LogP contribution in [0.25, 0.3) is 0 Å². The third-order valence-electron chi connectivity index (χ3n) is 5.16. The van der Waals surface area contributed by atoms with Gasteiger partial charge in [0.1, 0.15) is 12.0 Å². The average Bonchev–Trinajstić information content (AvgIpc) is 3.38. The molecule has 0 unspecified atom stereocenters. The molecule has 2 aliphatic carbocycles. The van der Waals surface area contributed by atoms with Crippen LogP contribution in [0.15, 0.2) is 12.1 Å². The Kier molecular flexibility index (Phi) is 5.17. The average molecular weight is 300 g/mol. The molecule has 0 saturated heterocycles. The van der Waals surface area contributed by atoms with Gasteiger partial charge in [-0.15, -0.1) is 0 Å². The van der Waals surface area contributed by atoms with Crippen molar-refractivity contribution in [1.29, 1.82) is 0 Å². The first-order valence-corrected chi connectivity index (χ1v) is 9.03. The van der Waals surface area contributed by atoms with E-state index < -0.39 is 0 Å². The molecule has 2 heteroatoms. The zero-order chi connectivity index (χ0) is 15.4. The van der Waals surface area contributed by atoms with Crippen LogP contribution < -0.4 is 0 Å². The van der Waals surface area contributed by atoms with E-state index in [1.807, 2.05) is 6.07 Å². The molecule has 0 atom stereocenters. The summed E-state index contributed by atoms with van der Waals surface area (Å²) in [5, 5.41) is 10.4. The van der Waals surface area contributed by atoms with Gasteiger partial charge in [0, 0.05) is 12.0 Å². The fraction of sp³-hybridized carbons (Fsp3) is 0.650. The lowest BCUT2D eigenvalue weighted by atomic mass is 9.95. The maximum Gasteiger partial charge on any atom is 0.124 e. The second-order valence-electron chi connectivity index (χ2n) is 7.30. The number of hydrogen-bond acceptors (Lipinski definition) is 2. The Morgan fingerprint density at radius 3 is 2.14 bits per heavy atom. The first-order chi connectivity index (χ1) is 10.8. The first-order valence-electron chi connectivity index (χ1n) is 9.03. The molecule has 0 aliphatic heterocycles. The summed E-state index contributed by atoms with van der Waals surface area (Å²) in [6.45, 7) is 0. The predicted molar refractivity (Wildman–Crippen MR) is 89.2 cm³/mol. The summed E-state index contributed by atoms with van der Waals surface area (Å²) >= 11 is 0. The van der Waals surface area contributed by atoms with Crippen molar-refractivity contribution in [2.24, 2.45) is 11.8 Å². The number of rotatable bonds is 10. The van der Waals surface area contributed by atoms with Crippen molar-refractivity contribution in [1.82, 2.24) is 0 Å². The fourth-order valence-corrected chi connectivity index (χ4v) is 3.40. The largest absolute Gasteiger partial charge is 0.507 e. The number of phenolic OH excluding ortho intramolecular Hbond substituents is 1. The molecule has 2 fully saturated rings. The van der Waals surface area contributed by atoms with Crippen LogP contribution in [0.2, 0.25) is 0 Å². The van der Waals surface area contributed by atoms with Crippen LogP contribution in [-0.4, -0.2) is 11.4 Å². The molecule has 22 heavy (non-hydrogen) atoms. The number of phenols is 1. The molecule has 1 aromatic rings. The normalized spacial score (nSPS) is 17.6. The van der Waals surface area contributed by atoms with Crippen LogP contribution in [0, 0.1) is 11.8 Å². The second-order valence-corrected chi connectivity index (χ2v) is 7.30. The smallest absolute Gasteiger partial charge is 0.124 e. The minimum atomic E-state index is 0.331. The van der Waals surface area contributed by atoms with Crippen LogP contribution in [-0.2, 0) is 24.1 Å². The maximum atomic E-state index is 10.9. The number of carbonyl (C=O) groups excluding carboxylic acids is 1. The number of hydrogen-bond donors (Lipinski definition) is 1. The van der Waals surface area contributed by atoms with E-state index in [0.29, 0.717) is 12.2 Å². The zero-order valence-corrected chi connectivity index (χ0v) is 13.5. The Balaban J connectivity index is 1.63. The lowest BCUT2D eigenvalue weighted by Gasteiger charge is -2.12. The number of benzene rings is 1. The third-order valence-corrected chi connectivity index (χ3v) is 5.16. The predicted octanol–water partition coefficient (Wildman–Crippen LogP) is 4.60. The highest BCUT2D eigenvalue weighted by atomic mass is 16.3. The van der Waals surface area contributed by atoms with Gasteiger partial charge >= 0.3 is 0 Å². The molecule has 0 bridgehead atoms. The lowest BCUT2D eigenvalue weighted by molar-refractivity contribution is -0.107. The summed E-state index contributed by atoms with van der Waals surface area (Å²) in [4.78, 5) is 10.9. The number of carbonyl (C=O) groups is 1. The Hall–Kier alpha value is -1.31. The van der Waals surface area contributed by atoms with Crippen molar-refractivity contribution >= 4 is 6.29 Å². The Morgan fingerprint density at radius 1 is 0.955 bits per heavy atom. The Morgan fingerprint density at radius 2 is 1.55 bits per heavy atom. The lowest BCUT2D eigenvalue weighted by Crippen LogP contribution is -1.98. The summed E-state index contributed by atoms with van der Waals surface area (Å²) in [7, 11) is 0. The molecule has 0 aromatic heterocycles. The van der Waals surface area contributed by atoms with Gasteiger partial charge in [0.15, 0.2) is 0 Å². The molecule has 120 valence electrons. The van der Waals surface area contributed by atoms with Gasteiger partial charge in [-0.05, 0) is 48.6 Å². The number of aldehydes is 1. The van der Waals surface area contributed by atoms with Crippen LogP contribution in [0.3, 0.4) is 0 Å². The molecule has 0 amide bonds. The monoisotopic (exact) mass is 300 g/mol. The summed E-state index contributed by atoms with van der Waals surface area (Å²) in [6.07, 6.45) is 13.9. The molecular formula is C20H28O2. The van der Waals surface area contributed by atoms with Crippen molar-refractivity contribution in [3.8, 4) is 5.75 Å². The molecule has 2 aliphatic rings. The highest BCUT2D eigenvalue weighted by molar-refractivity contribution is 5.59. The highest BCUT2D eigenvalue weighted by Gasteiger charge is 2.21. The SMILES string of the molecule is O=CCc1cc(CCCC2CC2)cc(CCCC2CC2)c1O. The zero-order valence-electron chi connectivity index (χ0n) is 13.5. The second kappa shape index (κ2) is 7.30. The van der Waals surface area contributed by atoms with Crippen LogP contribution in [0.1, 0.15) is 68.1 Å². The van der Waals surface area contributed by atoms with E-state index in [4.69, 9.17) is 0 Å². The van der Waals surface area contributed by atoms with E-state index in [9.17, 15) is 9.90 Å². The number of aromatic hydroxyl groups is 1. The van der Waals surface area contributed by atoms with E-state index in [0.717, 1.165) is 48.5 Å². The first kappa shape index (κ1) is 15.6. The van der Waals surface area contributed by atoms with Crippen LogP contribution >= 0.6 is 0 Å². The topological polar surface area (TPSA) is 37.3 Å². The van der Waals surface area contributed by atoms with Gasteiger partial charge in [0.05, 0.1) is 0 Å². The number of aryl methyl sites for hydroxylation is 2. The van der Waals surface area contributed by atoms with Gasteiger partial charge < -0.3 is 9.90 Å². The van der Waals surface area contributed by atoms with Gasteiger partial charge in [-0.25, -0.2) is 0 Å². The van der Waals surface area contributed by atoms with E-state index in [1.165, 1.54) is 50.5 Å². The standard InChI is InChI=1S/C20H28O2/c21-12-11-19-14-17(5-1-3-15-7-8-15)13-18(20(19)22)6-2-4-16-9-10-16/h12-16,22H,1-11H2. The Bertz CT molecular complexity index is 513.